The van der Waals surface area contributed by atoms with E-state index in [1.54, 1.807) is 49.2 Å². The van der Waals surface area contributed by atoms with Gasteiger partial charge < -0.3 is 20.9 Å². The van der Waals surface area contributed by atoms with Gasteiger partial charge in [0.1, 0.15) is 5.54 Å². The zero-order valence-electron chi connectivity index (χ0n) is 24.2. The minimum atomic E-state index is -1.47. The summed E-state index contributed by atoms with van der Waals surface area (Å²) in [5.41, 5.74) is 8.18. The molecule has 1 unspecified atom stereocenters. The summed E-state index contributed by atoms with van der Waals surface area (Å²) in [6, 6.07) is 25.8. The Bertz CT molecular complexity index is 1730. The highest BCUT2D eigenvalue weighted by molar-refractivity contribution is 6.13. The molecule has 4 aromatic rings. The molecule has 1 heterocycles. The predicted octanol–water partition coefficient (Wildman–Crippen LogP) is 4.62. The molecule has 214 valence electrons. The predicted molar refractivity (Wildman–Crippen MR) is 165 cm³/mol. The van der Waals surface area contributed by atoms with Crippen molar-refractivity contribution in [1.82, 2.24) is 5.32 Å². The number of para-hydroxylation sites is 2. The summed E-state index contributed by atoms with van der Waals surface area (Å²) in [6.07, 6.45) is 0. The molecule has 0 aliphatic carbocycles. The first-order valence-corrected chi connectivity index (χ1v) is 13.9. The number of hydrogen-bond acceptors (Lipinski definition) is 5. The number of primary amides is 1. The van der Waals surface area contributed by atoms with Crippen LogP contribution in [0.3, 0.4) is 0 Å². The van der Waals surface area contributed by atoms with Crippen LogP contribution in [0.2, 0.25) is 0 Å². The summed E-state index contributed by atoms with van der Waals surface area (Å²) in [6.45, 7) is 5.16. The molecular weight excluding hydrogens is 528 g/mol. The maximum atomic E-state index is 14.6. The van der Waals surface area contributed by atoms with E-state index >= 15 is 0 Å². The van der Waals surface area contributed by atoms with Gasteiger partial charge in [0.05, 0.1) is 23.8 Å². The van der Waals surface area contributed by atoms with E-state index in [1.165, 1.54) is 11.8 Å². The van der Waals surface area contributed by atoms with Gasteiger partial charge in [0, 0.05) is 17.7 Å². The SMILES string of the molecule is CNC(C)(C(N)=O)[C@@H]1CN(C(=O)c2cccc(C(C)=O)c2)c2ccccc2N(Cc2c(C)ccc3ccccc23)C1=O. The molecule has 1 aliphatic rings. The van der Waals surface area contributed by atoms with Crippen LogP contribution in [0.15, 0.2) is 84.9 Å². The summed E-state index contributed by atoms with van der Waals surface area (Å²) in [5.74, 6) is -2.63. The number of ketones is 1. The number of amides is 3. The Morgan fingerprint density at radius 1 is 0.929 bits per heavy atom. The first kappa shape index (κ1) is 28.7. The van der Waals surface area contributed by atoms with Gasteiger partial charge in [-0.1, -0.05) is 60.7 Å². The van der Waals surface area contributed by atoms with E-state index in [-0.39, 0.29) is 24.8 Å². The van der Waals surface area contributed by atoms with Crippen LogP contribution < -0.4 is 20.9 Å². The number of fused-ring (bicyclic) bond motifs is 2. The molecule has 0 saturated carbocycles. The van der Waals surface area contributed by atoms with Gasteiger partial charge in [0.25, 0.3) is 5.91 Å². The van der Waals surface area contributed by atoms with E-state index in [4.69, 9.17) is 5.73 Å². The summed E-state index contributed by atoms with van der Waals surface area (Å²) in [7, 11) is 1.58. The molecular formula is C34H34N4O4. The lowest BCUT2D eigenvalue weighted by atomic mass is 9.83. The first-order valence-electron chi connectivity index (χ1n) is 13.9. The van der Waals surface area contributed by atoms with Crippen LogP contribution in [0.1, 0.15) is 45.7 Å². The average molecular weight is 563 g/mol. The number of likely N-dealkylation sites (N-methyl/N-ethyl adjacent to an activating group) is 1. The molecule has 1 aliphatic heterocycles. The van der Waals surface area contributed by atoms with Gasteiger partial charge in [0.15, 0.2) is 5.78 Å². The van der Waals surface area contributed by atoms with E-state index in [2.05, 4.69) is 11.4 Å². The van der Waals surface area contributed by atoms with Crippen molar-refractivity contribution in [2.24, 2.45) is 11.7 Å². The number of benzene rings is 4. The molecule has 0 fully saturated rings. The highest BCUT2D eigenvalue weighted by atomic mass is 16.2. The van der Waals surface area contributed by atoms with Crippen molar-refractivity contribution in [3.63, 3.8) is 0 Å². The van der Waals surface area contributed by atoms with Gasteiger partial charge in [-0.25, -0.2) is 0 Å². The third kappa shape index (κ3) is 4.94. The average Bonchev–Trinajstić information content (AvgIpc) is 3.12. The lowest BCUT2D eigenvalue weighted by Gasteiger charge is -2.36. The summed E-state index contributed by atoms with van der Waals surface area (Å²) < 4.78 is 0. The van der Waals surface area contributed by atoms with Crippen LogP contribution in [0.5, 0.6) is 0 Å². The van der Waals surface area contributed by atoms with Crippen LogP contribution in [0.4, 0.5) is 11.4 Å². The van der Waals surface area contributed by atoms with E-state index in [0.29, 0.717) is 22.5 Å². The van der Waals surface area contributed by atoms with Crippen LogP contribution in [0, 0.1) is 12.8 Å². The fourth-order valence-corrected chi connectivity index (χ4v) is 5.68. The smallest absolute Gasteiger partial charge is 0.258 e. The molecule has 3 amide bonds. The van der Waals surface area contributed by atoms with Gasteiger partial charge in [-0.15, -0.1) is 0 Å². The number of anilines is 2. The highest BCUT2D eigenvalue weighted by Crippen LogP contribution is 2.39. The van der Waals surface area contributed by atoms with E-state index in [9.17, 15) is 19.2 Å². The number of carbonyl (C=O) groups excluding carboxylic acids is 4. The van der Waals surface area contributed by atoms with Gasteiger partial charge in [-0.3, -0.25) is 19.2 Å². The molecule has 5 rings (SSSR count). The van der Waals surface area contributed by atoms with Crippen LogP contribution in [0.25, 0.3) is 10.8 Å². The molecule has 3 N–H and O–H groups in total. The van der Waals surface area contributed by atoms with Crippen molar-refractivity contribution in [2.75, 3.05) is 23.4 Å². The number of nitrogens with one attached hydrogen (secondary N) is 1. The normalized spacial score (nSPS) is 16.5. The van der Waals surface area contributed by atoms with Crippen molar-refractivity contribution in [1.29, 1.82) is 0 Å². The Morgan fingerprint density at radius 3 is 2.29 bits per heavy atom. The molecule has 8 nitrogen and oxygen atoms in total. The van der Waals surface area contributed by atoms with Crippen LogP contribution in [-0.2, 0) is 16.1 Å². The summed E-state index contributed by atoms with van der Waals surface area (Å²) in [4.78, 5) is 56.9. The maximum Gasteiger partial charge on any atom is 0.258 e. The van der Waals surface area contributed by atoms with Gasteiger partial charge in [-0.2, -0.15) is 0 Å². The number of carbonyl (C=O) groups is 4. The number of nitrogens with two attached hydrogens (primary N) is 1. The molecule has 0 bridgehead atoms. The quantitative estimate of drug-likeness (QED) is 0.319. The first-order chi connectivity index (χ1) is 20.1. The summed E-state index contributed by atoms with van der Waals surface area (Å²) >= 11 is 0. The van der Waals surface area contributed by atoms with E-state index < -0.39 is 23.3 Å². The number of Topliss-reactive ketones (excluding diaryl/α,β-unsaturated/α-hetero) is 1. The minimum Gasteiger partial charge on any atom is -0.368 e. The Balaban J connectivity index is 1.71. The largest absolute Gasteiger partial charge is 0.368 e. The van der Waals surface area contributed by atoms with Crippen molar-refractivity contribution in [2.45, 2.75) is 32.9 Å². The second kappa shape index (κ2) is 11.2. The molecule has 0 radical (unpaired) electrons. The van der Waals surface area contributed by atoms with Gasteiger partial charge in [-0.05, 0) is 74.0 Å². The third-order valence-electron chi connectivity index (χ3n) is 8.47. The topological polar surface area (TPSA) is 113 Å². The molecule has 4 aromatic carbocycles. The van der Waals surface area contributed by atoms with Crippen molar-refractivity contribution in [3.05, 3.63) is 107 Å². The lowest BCUT2D eigenvalue weighted by molar-refractivity contribution is -0.133. The standard InChI is InChI=1S/C34H34N4O4/c1-21-16-17-23-10-5-6-13-26(23)27(21)19-37-29-14-7-8-15-30(29)38(20-28(32(37)41)34(3,36-4)33(35)42)31(40)25-12-9-11-24(18-25)22(2)39/h5-18,28,36H,19-20H2,1-4H3,(H2,35,42)/t28-,34?/m1/s1. The van der Waals surface area contributed by atoms with E-state index in [0.717, 1.165) is 21.9 Å². The number of nitrogens with zero attached hydrogens (tertiary/aromatic N) is 2. The Morgan fingerprint density at radius 2 is 1.60 bits per heavy atom. The number of hydrogen-bond donors (Lipinski definition) is 2. The fraction of sp³-hybridized carbons (Fsp3) is 0.235. The van der Waals surface area contributed by atoms with Crippen molar-refractivity contribution in [3.8, 4) is 0 Å². The molecule has 42 heavy (non-hydrogen) atoms. The molecule has 8 heteroatoms. The highest BCUT2D eigenvalue weighted by Gasteiger charge is 2.48. The lowest BCUT2D eigenvalue weighted by Crippen LogP contribution is -2.63. The van der Waals surface area contributed by atoms with E-state index in [1.807, 2.05) is 55.5 Å². The van der Waals surface area contributed by atoms with Crippen molar-refractivity contribution < 1.29 is 19.2 Å². The molecule has 2 atom stereocenters. The number of aryl methyl sites for hydroxylation is 1. The zero-order chi connectivity index (χ0) is 30.2. The minimum absolute atomic E-state index is 0.107. The second-order valence-electron chi connectivity index (χ2n) is 10.9. The Kier molecular flexibility index (Phi) is 7.67. The zero-order valence-corrected chi connectivity index (χ0v) is 24.2. The molecule has 0 saturated heterocycles. The Hall–Kier alpha value is -4.82. The maximum absolute atomic E-state index is 14.6. The molecule has 0 spiro atoms. The summed E-state index contributed by atoms with van der Waals surface area (Å²) in [5, 5.41) is 5.04. The molecule has 0 aromatic heterocycles. The van der Waals surface area contributed by atoms with Crippen LogP contribution in [-0.4, -0.2) is 42.6 Å². The monoisotopic (exact) mass is 562 g/mol. The third-order valence-corrected chi connectivity index (χ3v) is 8.47. The Labute approximate surface area is 245 Å². The second-order valence-corrected chi connectivity index (χ2v) is 10.9. The number of rotatable bonds is 7. The van der Waals surface area contributed by atoms with Gasteiger partial charge in [0.2, 0.25) is 11.8 Å². The van der Waals surface area contributed by atoms with Crippen LogP contribution >= 0.6 is 0 Å². The fourth-order valence-electron chi connectivity index (χ4n) is 5.68. The van der Waals surface area contributed by atoms with Gasteiger partial charge >= 0.3 is 0 Å². The van der Waals surface area contributed by atoms with Crippen molar-refractivity contribution >= 4 is 45.7 Å².